The number of alkyl halides is 1. The number of imidazole rings is 1. The minimum atomic E-state index is -0.618. The van der Waals surface area contributed by atoms with Gasteiger partial charge in [0.1, 0.15) is 17.2 Å². The van der Waals surface area contributed by atoms with Crippen LogP contribution in [0.2, 0.25) is 0 Å². The molecule has 1 aliphatic carbocycles. The highest BCUT2D eigenvalue weighted by molar-refractivity contribution is 6.16. The summed E-state index contributed by atoms with van der Waals surface area (Å²) in [5.74, 6) is 0.879. The molecular weight excluding hydrogens is 294 g/mol. The van der Waals surface area contributed by atoms with Crippen molar-refractivity contribution >= 4 is 22.6 Å². The fourth-order valence-electron chi connectivity index (χ4n) is 3.49. The Balaban J connectivity index is 1.99. The maximum absolute atomic E-state index is 13.9. The summed E-state index contributed by atoms with van der Waals surface area (Å²) in [5.41, 5.74) is 0.734. The van der Waals surface area contributed by atoms with Crippen LogP contribution in [0.15, 0.2) is 12.1 Å². The molecule has 2 atom stereocenters. The fourth-order valence-corrected chi connectivity index (χ4v) is 3.69. The molecule has 1 heterocycles. The van der Waals surface area contributed by atoms with Crippen molar-refractivity contribution in [1.82, 2.24) is 9.55 Å². The number of hydrogen-bond acceptors (Lipinski definition) is 1. The van der Waals surface area contributed by atoms with Crippen molar-refractivity contribution in [3.05, 3.63) is 29.6 Å². The highest BCUT2D eigenvalue weighted by Gasteiger charge is 2.22. The van der Waals surface area contributed by atoms with Crippen LogP contribution in [-0.2, 0) is 12.4 Å². The molecule has 2 nitrogen and oxygen atoms in total. The molecule has 0 spiro atoms. The molecule has 114 valence electrons. The SMILES string of the molecule is CC1CCCC(Cn2c(CCl)nc3c(F)cc(F)cc32)C1. The third-order valence-electron chi connectivity index (χ3n) is 4.46. The molecule has 1 saturated carbocycles. The van der Waals surface area contributed by atoms with Gasteiger partial charge in [-0.3, -0.25) is 0 Å². The molecular formula is C16H19ClF2N2. The molecule has 2 aromatic rings. The average Bonchev–Trinajstić information content (AvgIpc) is 2.77. The average molecular weight is 313 g/mol. The molecule has 3 rings (SSSR count). The van der Waals surface area contributed by atoms with E-state index in [1.165, 1.54) is 18.9 Å². The van der Waals surface area contributed by atoms with Gasteiger partial charge in [0.25, 0.3) is 0 Å². The second-order valence-corrected chi connectivity index (χ2v) is 6.43. The highest BCUT2D eigenvalue weighted by atomic mass is 35.5. The Morgan fingerprint density at radius 3 is 2.86 bits per heavy atom. The summed E-state index contributed by atoms with van der Waals surface area (Å²) in [4.78, 5) is 4.25. The Hall–Kier alpha value is -1.16. The lowest BCUT2D eigenvalue weighted by Crippen LogP contribution is -2.19. The van der Waals surface area contributed by atoms with Crippen molar-refractivity contribution in [3.63, 3.8) is 0 Å². The number of benzene rings is 1. The predicted molar refractivity (Wildman–Crippen MR) is 80.3 cm³/mol. The fraction of sp³-hybridized carbons (Fsp3) is 0.562. The third-order valence-corrected chi connectivity index (χ3v) is 4.70. The van der Waals surface area contributed by atoms with Gasteiger partial charge in [0.15, 0.2) is 5.82 Å². The van der Waals surface area contributed by atoms with E-state index < -0.39 is 11.6 Å². The number of aromatic nitrogens is 2. The van der Waals surface area contributed by atoms with Crippen LogP contribution in [0.3, 0.4) is 0 Å². The molecule has 0 N–H and O–H groups in total. The number of fused-ring (bicyclic) bond motifs is 1. The molecule has 1 aromatic carbocycles. The summed E-state index contributed by atoms with van der Waals surface area (Å²) in [6.07, 6.45) is 4.80. The van der Waals surface area contributed by atoms with E-state index in [0.717, 1.165) is 25.5 Å². The second-order valence-electron chi connectivity index (χ2n) is 6.17. The lowest BCUT2D eigenvalue weighted by molar-refractivity contribution is 0.257. The Labute approximate surface area is 128 Å². The first-order valence-electron chi connectivity index (χ1n) is 7.48. The third kappa shape index (κ3) is 2.91. The standard InChI is InChI=1S/C16H19ClF2N2/c1-10-3-2-4-11(5-10)9-21-14-7-12(18)6-13(19)16(14)20-15(21)8-17/h6-7,10-11H,2-5,8-9H2,1H3. The molecule has 1 aromatic heterocycles. The van der Waals surface area contributed by atoms with E-state index in [1.807, 2.05) is 4.57 Å². The first-order valence-corrected chi connectivity index (χ1v) is 8.02. The molecule has 0 amide bonds. The summed E-state index contributed by atoms with van der Waals surface area (Å²) in [6, 6.07) is 2.23. The van der Waals surface area contributed by atoms with Crippen molar-refractivity contribution in [2.45, 2.75) is 45.0 Å². The maximum Gasteiger partial charge on any atom is 0.153 e. The van der Waals surface area contributed by atoms with Crippen molar-refractivity contribution in [2.24, 2.45) is 11.8 Å². The van der Waals surface area contributed by atoms with Gasteiger partial charge < -0.3 is 4.57 Å². The summed E-state index contributed by atoms with van der Waals surface area (Å²) < 4.78 is 29.3. The van der Waals surface area contributed by atoms with Gasteiger partial charge in [0.05, 0.1) is 11.4 Å². The lowest BCUT2D eigenvalue weighted by atomic mass is 9.82. The van der Waals surface area contributed by atoms with Gasteiger partial charge in [-0.2, -0.15) is 0 Å². The quantitative estimate of drug-likeness (QED) is 0.739. The van der Waals surface area contributed by atoms with E-state index in [1.54, 1.807) is 0 Å². The minimum absolute atomic E-state index is 0.206. The number of halogens is 3. The second kappa shape index (κ2) is 5.91. The topological polar surface area (TPSA) is 17.8 Å². The van der Waals surface area contributed by atoms with Gasteiger partial charge in [-0.05, 0) is 30.7 Å². The van der Waals surface area contributed by atoms with E-state index in [0.29, 0.717) is 23.2 Å². The van der Waals surface area contributed by atoms with Crippen LogP contribution in [-0.4, -0.2) is 9.55 Å². The Morgan fingerprint density at radius 1 is 1.33 bits per heavy atom. The summed E-state index contributed by atoms with van der Waals surface area (Å²) >= 11 is 5.94. The van der Waals surface area contributed by atoms with Crippen LogP contribution in [0.5, 0.6) is 0 Å². The summed E-state index contributed by atoms with van der Waals surface area (Å²) in [5, 5.41) is 0. The smallest absolute Gasteiger partial charge is 0.153 e. The molecule has 1 fully saturated rings. The van der Waals surface area contributed by atoms with Crippen molar-refractivity contribution < 1.29 is 8.78 Å². The van der Waals surface area contributed by atoms with E-state index in [-0.39, 0.29) is 11.4 Å². The summed E-state index contributed by atoms with van der Waals surface area (Å²) in [6.45, 7) is 3.01. The first kappa shape index (κ1) is 14.8. The molecule has 1 aliphatic rings. The van der Waals surface area contributed by atoms with Crippen molar-refractivity contribution in [2.75, 3.05) is 0 Å². The first-order chi connectivity index (χ1) is 10.1. The van der Waals surface area contributed by atoms with Crippen LogP contribution < -0.4 is 0 Å². The van der Waals surface area contributed by atoms with Crippen molar-refractivity contribution in [1.29, 1.82) is 0 Å². The van der Waals surface area contributed by atoms with Gasteiger partial charge in [-0.15, -0.1) is 11.6 Å². The van der Waals surface area contributed by atoms with Gasteiger partial charge in [0, 0.05) is 12.6 Å². The van der Waals surface area contributed by atoms with Gasteiger partial charge in [-0.25, -0.2) is 13.8 Å². The molecule has 5 heteroatoms. The summed E-state index contributed by atoms with van der Waals surface area (Å²) in [7, 11) is 0. The van der Waals surface area contributed by atoms with Crippen LogP contribution in [0.4, 0.5) is 8.78 Å². The van der Waals surface area contributed by atoms with Crippen LogP contribution in [0.1, 0.15) is 38.4 Å². The molecule has 21 heavy (non-hydrogen) atoms. The van der Waals surface area contributed by atoms with E-state index in [2.05, 4.69) is 11.9 Å². The molecule has 2 unspecified atom stereocenters. The normalized spacial score (nSPS) is 22.9. The Morgan fingerprint density at radius 2 is 2.14 bits per heavy atom. The van der Waals surface area contributed by atoms with E-state index >= 15 is 0 Å². The van der Waals surface area contributed by atoms with E-state index in [9.17, 15) is 8.78 Å². The van der Waals surface area contributed by atoms with Gasteiger partial charge >= 0.3 is 0 Å². The highest BCUT2D eigenvalue weighted by Crippen LogP contribution is 2.31. The molecule has 0 saturated heterocycles. The zero-order valence-electron chi connectivity index (χ0n) is 12.1. The van der Waals surface area contributed by atoms with Crippen LogP contribution in [0.25, 0.3) is 11.0 Å². The zero-order valence-corrected chi connectivity index (χ0v) is 12.8. The Kier molecular flexibility index (Phi) is 4.16. The molecule has 0 aliphatic heterocycles. The van der Waals surface area contributed by atoms with E-state index in [4.69, 9.17) is 11.6 Å². The number of hydrogen-bond donors (Lipinski definition) is 0. The maximum atomic E-state index is 13.9. The van der Waals surface area contributed by atoms with Crippen LogP contribution in [0, 0.1) is 23.5 Å². The minimum Gasteiger partial charge on any atom is -0.327 e. The predicted octanol–water partition coefficient (Wildman–Crippen LogP) is 4.88. The molecule has 0 radical (unpaired) electrons. The number of nitrogens with zero attached hydrogens (tertiary/aromatic N) is 2. The van der Waals surface area contributed by atoms with Gasteiger partial charge in [0.2, 0.25) is 0 Å². The number of rotatable bonds is 3. The zero-order chi connectivity index (χ0) is 15.0. The van der Waals surface area contributed by atoms with Crippen LogP contribution >= 0.6 is 11.6 Å². The largest absolute Gasteiger partial charge is 0.327 e. The Bertz CT molecular complexity index is 653. The molecule has 0 bridgehead atoms. The monoisotopic (exact) mass is 312 g/mol. The van der Waals surface area contributed by atoms with Gasteiger partial charge in [-0.1, -0.05) is 19.8 Å². The lowest BCUT2D eigenvalue weighted by Gasteiger charge is -2.27. The van der Waals surface area contributed by atoms with Crippen molar-refractivity contribution in [3.8, 4) is 0 Å².